The first kappa shape index (κ1) is 18.5. The Bertz CT molecular complexity index is 775. The number of piperidine rings is 2. The van der Waals surface area contributed by atoms with Gasteiger partial charge in [-0.2, -0.15) is 0 Å². The monoisotopic (exact) mass is 384 g/mol. The van der Waals surface area contributed by atoms with Crippen LogP contribution in [0.15, 0.2) is 41.0 Å². The molecule has 0 spiro atoms. The van der Waals surface area contributed by atoms with Gasteiger partial charge >= 0.3 is 0 Å². The maximum Gasteiger partial charge on any atom is 0.171 e. The van der Waals surface area contributed by atoms with E-state index < -0.39 is 0 Å². The zero-order valence-electron chi connectivity index (χ0n) is 16.3. The topological polar surface area (TPSA) is 41.6 Å². The number of hydrogen-bond donors (Lipinski definition) is 3. The van der Waals surface area contributed by atoms with Gasteiger partial charge in [-0.3, -0.25) is 0 Å². The van der Waals surface area contributed by atoms with E-state index >= 15 is 0 Å². The molecule has 2 aromatic rings. The fourth-order valence-electron chi connectivity index (χ4n) is 4.87. The number of fused-ring (bicyclic) bond motifs is 2. The predicted molar refractivity (Wildman–Crippen MR) is 113 cm³/mol. The Morgan fingerprint density at radius 1 is 1.19 bits per heavy atom. The minimum Gasteiger partial charge on any atom is -0.463 e. The van der Waals surface area contributed by atoms with E-state index in [-0.39, 0.29) is 0 Å². The summed E-state index contributed by atoms with van der Waals surface area (Å²) in [5.74, 6) is 1.11. The van der Waals surface area contributed by atoms with Crippen molar-refractivity contribution in [1.29, 1.82) is 0 Å². The molecule has 3 N–H and O–H groups in total. The smallest absolute Gasteiger partial charge is 0.171 e. The van der Waals surface area contributed by atoms with Crippen molar-refractivity contribution >= 4 is 23.0 Å². The minimum atomic E-state index is 0.464. The molecule has 2 atom stereocenters. The van der Waals surface area contributed by atoms with Crippen molar-refractivity contribution in [1.82, 2.24) is 5.32 Å². The summed E-state index contributed by atoms with van der Waals surface area (Å²) in [6.07, 6.45) is 8.12. The van der Waals surface area contributed by atoms with Crippen molar-refractivity contribution in [2.75, 3.05) is 5.32 Å². The normalized spacial score (nSPS) is 27.2. The Hall–Kier alpha value is -1.85. The lowest BCUT2D eigenvalue weighted by molar-refractivity contribution is -0.974. The van der Waals surface area contributed by atoms with Gasteiger partial charge in [0.05, 0.1) is 18.3 Å². The number of rotatable bonds is 4. The van der Waals surface area contributed by atoms with Gasteiger partial charge < -0.3 is 20.0 Å². The molecular formula is C22H30N3OS+. The van der Waals surface area contributed by atoms with Gasteiger partial charge in [0.2, 0.25) is 0 Å². The first-order valence-corrected chi connectivity index (χ1v) is 10.5. The third-order valence-electron chi connectivity index (χ3n) is 6.23. The van der Waals surface area contributed by atoms with E-state index in [1.165, 1.54) is 43.2 Å². The summed E-state index contributed by atoms with van der Waals surface area (Å²) in [4.78, 5) is 1.71. The highest BCUT2D eigenvalue weighted by molar-refractivity contribution is 7.80. The molecule has 1 aromatic carbocycles. The van der Waals surface area contributed by atoms with E-state index in [4.69, 9.17) is 16.6 Å². The number of quaternary nitrogens is 1. The van der Waals surface area contributed by atoms with E-state index in [0.717, 1.165) is 23.1 Å². The number of furan rings is 1. The molecule has 0 saturated carbocycles. The van der Waals surface area contributed by atoms with E-state index in [9.17, 15) is 0 Å². The van der Waals surface area contributed by atoms with E-state index in [2.05, 4.69) is 48.7 Å². The summed E-state index contributed by atoms with van der Waals surface area (Å²) in [6.45, 7) is 5.24. The van der Waals surface area contributed by atoms with Gasteiger partial charge in [-0.1, -0.05) is 12.1 Å². The van der Waals surface area contributed by atoms with Crippen LogP contribution in [0.2, 0.25) is 0 Å². The predicted octanol–water partition coefficient (Wildman–Crippen LogP) is 3.35. The molecule has 2 aliphatic rings. The van der Waals surface area contributed by atoms with Crippen LogP contribution in [0.4, 0.5) is 5.69 Å². The molecular weight excluding hydrogens is 354 g/mol. The molecule has 2 aliphatic heterocycles. The zero-order chi connectivity index (χ0) is 18.8. The lowest BCUT2D eigenvalue weighted by Gasteiger charge is -2.45. The molecule has 3 heterocycles. The van der Waals surface area contributed by atoms with Crippen LogP contribution in [0.1, 0.15) is 49.0 Å². The molecule has 5 heteroatoms. The molecule has 0 amide bonds. The highest BCUT2D eigenvalue weighted by Crippen LogP contribution is 2.23. The molecule has 27 heavy (non-hydrogen) atoms. The number of nitrogens with one attached hydrogen (secondary N) is 3. The maximum absolute atomic E-state index is 5.63. The van der Waals surface area contributed by atoms with E-state index in [1.54, 1.807) is 11.2 Å². The third-order valence-corrected chi connectivity index (χ3v) is 6.45. The van der Waals surface area contributed by atoms with Crippen LogP contribution in [0, 0.1) is 13.8 Å². The standard InChI is InChI=1S/C22H29N3OS/c1-15-8-9-16(2)21(11-15)24-22(27)23-17-12-18-5-3-6-19(13-17)25(18)14-20-7-4-10-26-20/h4,7-11,17-19H,3,5-6,12-14H2,1-2H3,(H2,23,24,27)/p+1/t18-,19-/m1/s1. The van der Waals surface area contributed by atoms with Gasteiger partial charge in [-0.05, 0) is 74.7 Å². The van der Waals surface area contributed by atoms with Crippen LogP contribution in [-0.4, -0.2) is 23.2 Å². The Labute approximate surface area is 167 Å². The lowest BCUT2D eigenvalue weighted by Crippen LogP contribution is -3.20. The Kier molecular flexibility index (Phi) is 5.50. The van der Waals surface area contributed by atoms with Crippen molar-refractivity contribution in [2.24, 2.45) is 0 Å². The first-order valence-electron chi connectivity index (χ1n) is 10.1. The Morgan fingerprint density at radius 2 is 1.96 bits per heavy atom. The number of benzene rings is 1. The summed E-state index contributed by atoms with van der Waals surface area (Å²) < 4.78 is 5.61. The molecule has 0 aliphatic carbocycles. The SMILES string of the molecule is Cc1ccc(C)c(NC(=S)NC2C[C@H]3CCC[C@H](C2)[NH+]3Cc2ccco2)c1. The first-order chi connectivity index (χ1) is 13.1. The number of hydrogen-bond acceptors (Lipinski definition) is 2. The van der Waals surface area contributed by atoms with Crippen LogP contribution in [-0.2, 0) is 6.54 Å². The summed E-state index contributed by atoms with van der Waals surface area (Å²) in [7, 11) is 0. The van der Waals surface area contributed by atoms with Gasteiger partial charge in [0, 0.05) is 24.6 Å². The van der Waals surface area contributed by atoms with Gasteiger partial charge in [0.1, 0.15) is 6.54 Å². The highest BCUT2D eigenvalue weighted by Gasteiger charge is 2.42. The van der Waals surface area contributed by atoms with Gasteiger partial charge in [-0.15, -0.1) is 0 Å². The van der Waals surface area contributed by atoms with Crippen molar-refractivity contribution < 1.29 is 9.32 Å². The number of anilines is 1. The Morgan fingerprint density at radius 3 is 2.67 bits per heavy atom. The number of aryl methyl sites for hydroxylation is 2. The lowest BCUT2D eigenvalue weighted by atomic mass is 9.81. The summed E-state index contributed by atoms with van der Waals surface area (Å²) in [5, 5.41) is 7.77. The molecule has 0 radical (unpaired) electrons. The van der Waals surface area contributed by atoms with E-state index in [1.807, 2.05) is 6.07 Å². The maximum atomic E-state index is 5.63. The second-order valence-electron chi connectivity index (χ2n) is 8.24. The summed E-state index contributed by atoms with van der Waals surface area (Å²) in [6, 6.07) is 12.4. The molecule has 2 fully saturated rings. The Balaban J connectivity index is 1.37. The van der Waals surface area contributed by atoms with Gasteiger partial charge in [0.15, 0.2) is 10.9 Å². The fourth-order valence-corrected chi connectivity index (χ4v) is 5.15. The minimum absolute atomic E-state index is 0.464. The molecule has 2 saturated heterocycles. The van der Waals surface area contributed by atoms with Crippen LogP contribution in [0.3, 0.4) is 0 Å². The van der Waals surface area contributed by atoms with Crippen LogP contribution in [0.25, 0.3) is 0 Å². The second-order valence-corrected chi connectivity index (χ2v) is 8.65. The van der Waals surface area contributed by atoms with Crippen molar-refractivity contribution in [2.45, 2.75) is 70.6 Å². The molecule has 2 bridgehead atoms. The largest absolute Gasteiger partial charge is 0.463 e. The van der Waals surface area contributed by atoms with Crippen LogP contribution >= 0.6 is 12.2 Å². The fraction of sp³-hybridized carbons (Fsp3) is 0.500. The molecule has 0 unspecified atom stereocenters. The van der Waals surface area contributed by atoms with Crippen molar-refractivity contribution in [3.05, 3.63) is 53.5 Å². The van der Waals surface area contributed by atoms with Crippen LogP contribution in [0.5, 0.6) is 0 Å². The zero-order valence-corrected chi connectivity index (χ0v) is 17.1. The average molecular weight is 385 g/mol. The second kappa shape index (κ2) is 8.03. The average Bonchev–Trinajstić information content (AvgIpc) is 3.12. The molecule has 4 rings (SSSR count). The quantitative estimate of drug-likeness (QED) is 0.707. The van der Waals surface area contributed by atoms with Crippen molar-refractivity contribution in [3.63, 3.8) is 0 Å². The molecule has 144 valence electrons. The van der Waals surface area contributed by atoms with Gasteiger partial charge in [0.25, 0.3) is 0 Å². The highest BCUT2D eigenvalue weighted by atomic mass is 32.1. The van der Waals surface area contributed by atoms with Gasteiger partial charge in [-0.25, -0.2) is 0 Å². The summed E-state index contributed by atoms with van der Waals surface area (Å²) >= 11 is 5.63. The van der Waals surface area contributed by atoms with Crippen molar-refractivity contribution in [3.8, 4) is 0 Å². The molecule has 1 aromatic heterocycles. The number of thiocarbonyl (C=S) groups is 1. The van der Waals surface area contributed by atoms with E-state index in [0.29, 0.717) is 18.1 Å². The molecule has 4 nitrogen and oxygen atoms in total. The third kappa shape index (κ3) is 4.36. The van der Waals surface area contributed by atoms with Crippen LogP contribution < -0.4 is 15.5 Å². The summed E-state index contributed by atoms with van der Waals surface area (Å²) in [5.41, 5.74) is 3.57.